The molecule has 0 saturated heterocycles. The first kappa shape index (κ1) is 13.6. The van der Waals surface area contributed by atoms with Gasteiger partial charge in [0, 0.05) is 11.3 Å². The van der Waals surface area contributed by atoms with E-state index in [-0.39, 0.29) is 12.1 Å². The van der Waals surface area contributed by atoms with E-state index in [4.69, 9.17) is 0 Å². The van der Waals surface area contributed by atoms with Crippen LogP contribution in [0.4, 0.5) is 5.69 Å². The average Bonchev–Trinajstić information content (AvgIpc) is 2.81. The van der Waals surface area contributed by atoms with Gasteiger partial charge in [-0.1, -0.05) is 24.3 Å². The van der Waals surface area contributed by atoms with Crippen LogP contribution in [0.5, 0.6) is 0 Å². The molecule has 0 amide bonds. The highest BCUT2D eigenvalue weighted by Crippen LogP contribution is 2.44. The molecule has 0 aromatic heterocycles. The van der Waals surface area contributed by atoms with Gasteiger partial charge in [-0.2, -0.15) is 0 Å². The number of aliphatic hydroxyl groups excluding tert-OH is 1. The predicted octanol–water partition coefficient (Wildman–Crippen LogP) is 4.36. The number of nitrogens with one attached hydrogen (secondary N) is 1. The third-order valence-electron chi connectivity index (χ3n) is 4.80. The van der Waals surface area contributed by atoms with Crippen molar-refractivity contribution in [2.45, 2.75) is 39.3 Å². The molecule has 0 atom stereocenters. The van der Waals surface area contributed by atoms with E-state index in [0.29, 0.717) is 0 Å². The van der Waals surface area contributed by atoms with Crippen molar-refractivity contribution >= 4 is 11.3 Å². The van der Waals surface area contributed by atoms with E-state index < -0.39 is 0 Å². The van der Waals surface area contributed by atoms with E-state index in [1.54, 1.807) is 0 Å². The standard InChI is InChI=1S/C20H21NO/c1-12-10-20(2,3)21-19-8-14-7-17-13(11-22)5-4-6-15(17)18(14)9-16(12)19/h4-6,8-10,21-22H,7,11H2,1-3H3. The second kappa shape index (κ2) is 4.47. The molecular formula is C20H21NO. The first-order valence-corrected chi connectivity index (χ1v) is 7.85. The molecule has 1 aliphatic heterocycles. The highest BCUT2D eigenvalue weighted by Gasteiger charge is 2.27. The molecule has 1 heterocycles. The minimum absolute atomic E-state index is 0.00691. The molecule has 2 aliphatic rings. The number of allylic oxidation sites excluding steroid dienone is 1. The molecule has 0 spiro atoms. The van der Waals surface area contributed by atoms with Crippen LogP contribution in [0.15, 0.2) is 36.4 Å². The van der Waals surface area contributed by atoms with Gasteiger partial charge in [-0.05, 0) is 72.7 Å². The summed E-state index contributed by atoms with van der Waals surface area (Å²) < 4.78 is 0. The van der Waals surface area contributed by atoms with Gasteiger partial charge in [0.25, 0.3) is 0 Å². The Kier molecular flexibility index (Phi) is 2.76. The number of hydrogen-bond donors (Lipinski definition) is 2. The molecule has 22 heavy (non-hydrogen) atoms. The number of anilines is 1. The normalized spacial score (nSPS) is 17.2. The summed E-state index contributed by atoms with van der Waals surface area (Å²) >= 11 is 0. The topological polar surface area (TPSA) is 32.3 Å². The number of rotatable bonds is 1. The average molecular weight is 291 g/mol. The number of fused-ring (bicyclic) bond motifs is 4. The lowest BCUT2D eigenvalue weighted by atomic mass is 9.89. The first-order valence-electron chi connectivity index (χ1n) is 7.85. The van der Waals surface area contributed by atoms with Crippen LogP contribution in [0, 0.1) is 0 Å². The maximum Gasteiger partial charge on any atom is 0.0684 e. The summed E-state index contributed by atoms with van der Waals surface area (Å²) in [6.45, 7) is 6.70. The third-order valence-corrected chi connectivity index (χ3v) is 4.80. The number of hydrogen-bond acceptors (Lipinski definition) is 2. The van der Waals surface area contributed by atoms with Gasteiger partial charge in [0.15, 0.2) is 0 Å². The second-order valence-electron chi connectivity index (χ2n) is 7.01. The molecule has 2 aromatic rings. The molecule has 2 N–H and O–H groups in total. The van der Waals surface area contributed by atoms with E-state index in [1.165, 1.54) is 39.1 Å². The fourth-order valence-corrected chi connectivity index (χ4v) is 3.91. The van der Waals surface area contributed by atoms with Gasteiger partial charge in [0.1, 0.15) is 0 Å². The van der Waals surface area contributed by atoms with E-state index in [9.17, 15) is 5.11 Å². The van der Waals surface area contributed by atoms with Gasteiger partial charge in [-0.3, -0.25) is 0 Å². The Bertz CT molecular complexity index is 815. The zero-order valence-corrected chi connectivity index (χ0v) is 13.3. The zero-order valence-electron chi connectivity index (χ0n) is 13.3. The van der Waals surface area contributed by atoms with Crippen molar-refractivity contribution in [2.24, 2.45) is 0 Å². The van der Waals surface area contributed by atoms with E-state index in [1.807, 2.05) is 12.1 Å². The van der Waals surface area contributed by atoms with Gasteiger partial charge in [0.05, 0.1) is 12.1 Å². The summed E-state index contributed by atoms with van der Waals surface area (Å²) in [6, 6.07) is 10.8. The molecule has 4 rings (SSSR count). The van der Waals surface area contributed by atoms with E-state index in [2.05, 4.69) is 50.4 Å². The molecule has 0 fully saturated rings. The van der Waals surface area contributed by atoms with Gasteiger partial charge >= 0.3 is 0 Å². The lowest BCUT2D eigenvalue weighted by molar-refractivity contribution is 0.281. The Hall–Kier alpha value is -2.06. The largest absolute Gasteiger partial charge is 0.392 e. The fourth-order valence-electron chi connectivity index (χ4n) is 3.91. The van der Waals surface area contributed by atoms with Gasteiger partial charge in [-0.15, -0.1) is 0 Å². The van der Waals surface area contributed by atoms with Crippen LogP contribution in [0.3, 0.4) is 0 Å². The monoisotopic (exact) mass is 291 g/mol. The SMILES string of the molecule is CC1=CC(C)(C)Nc2cc3c(cc21)-c1cccc(CO)c1C3. The van der Waals surface area contributed by atoms with Crippen molar-refractivity contribution in [2.75, 3.05) is 5.32 Å². The minimum atomic E-state index is -0.00691. The van der Waals surface area contributed by atoms with Gasteiger partial charge in [0.2, 0.25) is 0 Å². The molecule has 2 aromatic carbocycles. The number of aliphatic hydroxyl groups is 1. The van der Waals surface area contributed by atoms with Crippen molar-refractivity contribution in [1.82, 2.24) is 0 Å². The van der Waals surface area contributed by atoms with E-state index >= 15 is 0 Å². The van der Waals surface area contributed by atoms with Crippen molar-refractivity contribution in [3.63, 3.8) is 0 Å². The quantitative estimate of drug-likeness (QED) is 0.698. The summed E-state index contributed by atoms with van der Waals surface area (Å²) in [5.74, 6) is 0. The molecule has 112 valence electrons. The minimum Gasteiger partial charge on any atom is -0.392 e. The van der Waals surface area contributed by atoms with Crippen LogP contribution in [0.25, 0.3) is 16.7 Å². The van der Waals surface area contributed by atoms with Crippen molar-refractivity contribution in [1.29, 1.82) is 0 Å². The smallest absolute Gasteiger partial charge is 0.0684 e. The number of benzene rings is 2. The van der Waals surface area contributed by atoms with Gasteiger partial charge < -0.3 is 10.4 Å². The van der Waals surface area contributed by atoms with E-state index in [0.717, 1.165) is 12.0 Å². The maximum absolute atomic E-state index is 9.58. The van der Waals surface area contributed by atoms with Crippen LogP contribution in [-0.2, 0) is 13.0 Å². The van der Waals surface area contributed by atoms with Crippen LogP contribution in [0.1, 0.15) is 43.0 Å². The molecular weight excluding hydrogens is 270 g/mol. The highest BCUT2D eigenvalue weighted by atomic mass is 16.3. The molecule has 0 bridgehead atoms. The maximum atomic E-state index is 9.58. The lowest BCUT2D eigenvalue weighted by Gasteiger charge is -2.32. The lowest BCUT2D eigenvalue weighted by Crippen LogP contribution is -2.31. The molecule has 0 saturated carbocycles. The summed E-state index contributed by atoms with van der Waals surface area (Å²) in [7, 11) is 0. The van der Waals surface area contributed by atoms with Crippen LogP contribution in [-0.4, -0.2) is 10.6 Å². The van der Waals surface area contributed by atoms with Crippen LogP contribution in [0.2, 0.25) is 0 Å². The molecule has 2 heteroatoms. The Morgan fingerprint density at radius 3 is 2.73 bits per heavy atom. The van der Waals surface area contributed by atoms with Crippen molar-refractivity contribution < 1.29 is 5.11 Å². The highest BCUT2D eigenvalue weighted by molar-refractivity contribution is 5.88. The molecule has 0 unspecified atom stereocenters. The summed E-state index contributed by atoms with van der Waals surface area (Å²) in [5.41, 5.74) is 10.1. The second-order valence-corrected chi connectivity index (χ2v) is 7.01. The molecule has 0 radical (unpaired) electrons. The Morgan fingerprint density at radius 2 is 1.95 bits per heavy atom. The Balaban J connectivity index is 1.91. The fraction of sp³-hybridized carbons (Fsp3) is 0.300. The Morgan fingerprint density at radius 1 is 1.14 bits per heavy atom. The first-order chi connectivity index (χ1) is 10.5. The summed E-state index contributed by atoms with van der Waals surface area (Å²) in [4.78, 5) is 0. The third kappa shape index (κ3) is 1.91. The zero-order chi connectivity index (χ0) is 15.5. The van der Waals surface area contributed by atoms with Gasteiger partial charge in [-0.25, -0.2) is 0 Å². The van der Waals surface area contributed by atoms with Crippen LogP contribution >= 0.6 is 0 Å². The summed E-state index contributed by atoms with van der Waals surface area (Å²) in [5, 5.41) is 13.2. The van der Waals surface area contributed by atoms with Crippen molar-refractivity contribution in [3.8, 4) is 11.1 Å². The summed E-state index contributed by atoms with van der Waals surface area (Å²) in [6.07, 6.45) is 3.21. The van der Waals surface area contributed by atoms with Crippen LogP contribution < -0.4 is 5.32 Å². The molecule has 2 nitrogen and oxygen atoms in total. The predicted molar refractivity (Wildman–Crippen MR) is 92.0 cm³/mol. The Labute approximate surface area is 131 Å². The van der Waals surface area contributed by atoms with Crippen molar-refractivity contribution in [3.05, 3.63) is 58.7 Å². The molecule has 1 aliphatic carbocycles.